The van der Waals surface area contributed by atoms with Gasteiger partial charge in [-0.2, -0.15) is 0 Å². The fourth-order valence-electron chi connectivity index (χ4n) is 1.53. The molecule has 0 radical (unpaired) electrons. The molecule has 0 saturated carbocycles. The molecule has 0 aromatic rings. The molecule has 1 unspecified atom stereocenters. The predicted molar refractivity (Wildman–Crippen MR) is 60.0 cm³/mol. The number of carbonyl (C=O) groups excluding carboxylic acids is 3. The van der Waals surface area contributed by atoms with E-state index in [1.165, 1.54) is 0 Å². The molecule has 17 heavy (non-hydrogen) atoms. The number of amides is 2. The van der Waals surface area contributed by atoms with Gasteiger partial charge in [0.2, 0.25) is 11.8 Å². The highest BCUT2D eigenvalue weighted by molar-refractivity contribution is 5.82. The average molecular weight is 242 g/mol. The quantitative estimate of drug-likeness (QED) is 0.628. The average Bonchev–Trinajstić information content (AvgIpc) is 2.70. The highest BCUT2D eigenvalue weighted by Crippen LogP contribution is 2.06. The zero-order valence-corrected chi connectivity index (χ0v) is 9.95. The lowest BCUT2D eigenvalue weighted by molar-refractivity contribution is -0.144. The van der Waals surface area contributed by atoms with Crippen LogP contribution in [-0.4, -0.2) is 37.0 Å². The van der Waals surface area contributed by atoms with Crippen LogP contribution >= 0.6 is 0 Å². The minimum absolute atomic E-state index is 0.0118. The van der Waals surface area contributed by atoms with E-state index in [-0.39, 0.29) is 31.0 Å². The van der Waals surface area contributed by atoms with Crippen molar-refractivity contribution in [2.24, 2.45) is 0 Å². The second kappa shape index (κ2) is 6.88. The van der Waals surface area contributed by atoms with Gasteiger partial charge in [0.25, 0.3) is 0 Å². The Morgan fingerprint density at radius 3 is 2.88 bits per heavy atom. The van der Waals surface area contributed by atoms with Gasteiger partial charge in [0.05, 0.1) is 6.04 Å². The van der Waals surface area contributed by atoms with Crippen LogP contribution in [-0.2, 0) is 19.1 Å². The summed E-state index contributed by atoms with van der Waals surface area (Å²) in [4.78, 5) is 33.2. The standard InChI is InChI=1S/C11H18N2O4/c1-2-3-9(14)12-6-11(16)17-7-8-4-5-10(15)13-8/h8H,2-7H2,1H3,(H,12,14)(H,13,15). The summed E-state index contributed by atoms with van der Waals surface area (Å²) in [6.07, 6.45) is 2.32. The third kappa shape index (κ3) is 5.33. The van der Waals surface area contributed by atoms with Crippen molar-refractivity contribution in [1.29, 1.82) is 0 Å². The molecule has 0 bridgehead atoms. The van der Waals surface area contributed by atoms with Gasteiger partial charge in [0.1, 0.15) is 13.2 Å². The third-order valence-electron chi connectivity index (χ3n) is 2.44. The summed E-state index contributed by atoms with van der Waals surface area (Å²) < 4.78 is 4.93. The van der Waals surface area contributed by atoms with Gasteiger partial charge in [-0.25, -0.2) is 0 Å². The number of ether oxygens (including phenoxy) is 1. The molecular formula is C11H18N2O4. The summed E-state index contributed by atoms with van der Waals surface area (Å²) >= 11 is 0. The largest absolute Gasteiger partial charge is 0.462 e. The highest BCUT2D eigenvalue weighted by Gasteiger charge is 2.21. The third-order valence-corrected chi connectivity index (χ3v) is 2.44. The molecular weight excluding hydrogens is 224 g/mol. The highest BCUT2D eigenvalue weighted by atomic mass is 16.5. The van der Waals surface area contributed by atoms with E-state index in [0.717, 1.165) is 6.42 Å². The molecule has 2 N–H and O–H groups in total. The molecule has 1 fully saturated rings. The molecule has 6 nitrogen and oxygen atoms in total. The Balaban J connectivity index is 2.09. The van der Waals surface area contributed by atoms with E-state index in [2.05, 4.69) is 10.6 Å². The van der Waals surface area contributed by atoms with Crippen LogP contribution in [0.3, 0.4) is 0 Å². The first kappa shape index (κ1) is 13.5. The van der Waals surface area contributed by atoms with Crippen LogP contribution in [0.4, 0.5) is 0 Å². The minimum atomic E-state index is -0.476. The molecule has 0 spiro atoms. The summed E-state index contributed by atoms with van der Waals surface area (Å²) in [6.45, 7) is 1.95. The van der Waals surface area contributed by atoms with E-state index >= 15 is 0 Å². The van der Waals surface area contributed by atoms with Crippen molar-refractivity contribution in [3.05, 3.63) is 0 Å². The lowest BCUT2D eigenvalue weighted by Crippen LogP contribution is -2.34. The van der Waals surface area contributed by atoms with Gasteiger partial charge in [-0.3, -0.25) is 14.4 Å². The first-order valence-electron chi connectivity index (χ1n) is 5.83. The van der Waals surface area contributed by atoms with Crippen molar-refractivity contribution in [1.82, 2.24) is 10.6 Å². The predicted octanol–water partition coefficient (Wildman–Crippen LogP) is -0.275. The molecule has 1 rings (SSSR count). The second-order valence-corrected chi connectivity index (χ2v) is 4.01. The fraction of sp³-hybridized carbons (Fsp3) is 0.727. The maximum absolute atomic E-state index is 11.2. The molecule has 96 valence electrons. The zero-order valence-electron chi connectivity index (χ0n) is 9.95. The minimum Gasteiger partial charge on any atom is -0.462 e. The topological polar surface area (TPSA) is 84.5 Å². The Morgan fingerprint density at radius 2 is 2.29 bits per heavy atom. The van der Waals surface area contributed by atoms with Crippen LogP contribution < -0.4 is 10.6 Å². The van der Waals surface area contributed by atoms with Gasteiger partial charge in [-0.1, -0.05) is 6.92 Å². The van der Waals surface area contributed by atoms with Crippen molar-refractivity contribution in [3.8, 4) is 0 Å². The van der Waals surface area contributed by atoms with E-state index in [1.807, 2.05) is 6.92 Å². The van der Waals surface area contributed by atoms with E-state index in [1.54, 1.807) is 0 Å². The van der Waals surface area contributed by atoms with Crippen molar-refractivity contribution in [2.75, 3.05) is 13.2 Å². The number of nitrogens with one attached hydrogen (secondary N) is 2. The van der Waals surface area contributed by atoms with Crippen LogP contribution in [0.25, 0.3) is 0 Å². The first-order valence-corrected chi connectivity index (χ1v) is 5.83. The Hall–Kier alpha value is -1.59. The second-order valence-electron chi connectivity index (χ2n) is 4.01. The van der Waals surface area contributed by atoms with Crippen molar-refractivity contribution in [2.45, 2.75) is 38.6 Å². The summed E-state index contributed by atoms with van der Waals surface area (Å²) in [7, 11) is 0. The molecule has 1 heterocycles. The van der Waals surface area contributed by atoms with Crippen LogP contribution in [0, 0.1) is 0 Å². The van der Waals surface area contributed by atoms with Crippen LogP contribution in [0.1, 0.15) is 32.6 Å². The zero-order chi connectivity index (χ0) is 12.7. The Labute approximate surface area is 100 Å². The number of carbonyl (C=O) groups is 3. The number of hydrogen-bond donors (Lipinski definition) is 2. The molecule has 0 aromatic carbocycles. The number of rotatable bonds is 6. The Bertz CT molecular complexity index is 304. The maximum atomic E-state index is 11.2. The smallest absolute Gasteiger partial charge is 0.325 e. The van der Waals surface area contributed by atoms with E-state index in [9.17, 15) is 14.4 Å². The molecule has 0 aliphatic carbocycles. The summed E-state index contributed by atoms with van der Waals surface area (Å²) in [5.41, 5.74) is 0. The van der Waals surface area contributed by atoms with Crippen molar-refractivity contribution >= 4 is 17.8 Å². The molecule has 0 aromatic heterocycles. The van der Waals surface area contributed by atoms with Gasteiger partial charge in [0.15, 0.2) is 0 Å². The number of hydrogen-bond acceptors (Lipinski definition) is 4. The van der Waals surface area contributed by atoms with Crippen molar-refractivity contribution in [3.63, 3.8) is 0 Å². The Morgan fingerprint density at radius 1 is 1.53 bits per heavy atom. The van der Waals surface area contributed by atoms with E-state index in [0.29, 0.717) is 19.3 Å². The van der Waals surface area contributed by atoms with Gasteiger partial charge in [0, 0.05) is 12.8 Å². The lowest BCUT2D eigenvalue weighted by atomic mass is 10.2. The first-order chi connectivity index (χ1) is 8.11. The summed E-state index contributed by atoms with van der Waals surface area (Å²) in [6, 6.07) is -0.0854. The molecule has 1 saturated heterocycles. The molecule has 2 amide bonds. The normalized spacial score (nSPS) is 18.6. The van der Waals surface area contributed by atoms with Crippen LogP contribution in [0.5, 0.6) is 0 Å². The van der Waals surface area contributed by atoms with E-state index in [4.69, 9.17) is 4.74 Å². The van der Waals surface area contributed by atoms with Gasteiger partial charge in [-0.05, 0) is 12.8 Å². The summed E-state index contributed by atoms with van der Waals surface area (Å²) in [5, 5.41) is 5.16. The van der Waals surface area contributed by atoms with Gasteiger partial charge in [-0.15, -0.1) is 0 Å². The van der Waals surface area contributed by atoms with Gasteiger partial charge >= 0.3 is 5.97 Å². The van der Waals surface area contributed by atoms with E-state index < -0.39 is 5.97 Å². The SMILES string of the molecule is CCCC(=O)NCC(=O)OCC1CCC(=O)N1. The number of esters is 1. The maximum Gasteiger partial charge on any atom is 0.325 e. The molecule has 1 aliphatic rings. The van der Waals surface area contributed by atoms with Crippen LogP contribution in [0.15, 0.2) is 0 Å². The molecule has 1 aliphatic heterocycles. The monoisotopic (exact) mass is 242 g/mol. The van der Waals surface area contributed by atoms with Crippen LogP contribution in [0.2, 0.25) is 0 Å². The van der Waals surface area contributed by atoms with Crippen molar-refractivity contribution < 1.29 is 19.1 Å². The molecule has 6 heteroatoms. The molecule has 1 atom stereocenters. The lowest BCUT2D eigenvalue weighted by Gasteiger charge is -2.10. The van der Waals surface area contributed by atoms with Gasteiger partial charge < -0.3 is 15.4 Å². The fourth-order valence-corrected chi connectivity index (χ4v) is 1.53. The summed E-state index contributed by atoms with van der Waals surface area (Å²) in [5.74, 6) is -0.642. The Kier molecular flexibility index (Phi) is 5.45.